The molecule has 0 bridgehead atoms. The van der Waals surface area contributed by atoms with Crippen LogP contribution < -0.4 is 5.56 Å². The Bertz CT molecular complexity index is 998. The highest BCUT2D eigenvalue weighted by Gasteiger charge is 2.36. The number of piperidine rings is 1. The number of hydrogen-bond donors (Lipinski definition) is 1. The Morgan fingerprint density at radius 1 is 1.13 bits per heavy atom. The van der Waals surface area contributed by atoms with E-state index >= 15 is 0 Å². The second-order valence-corrected chi connectivity index (χ2v) is 9.52. The molecule has 2 aromatic heterocycles. The highest BCUT2D eigenvalue weighted by atomic mass is 16.5. The summed E-state index contributed by atoms with van der Waals surface area (Å²) in [5.74, 6) is 0.409. The van der Waals surface area contributed by atoms with Gasteiger partial charge in [-0.15, -0.1) is 0 Å². The van der Waals surface area contributed by atoms with Gasteiger partial charge >= 0.3 is 0 Å². The summed E-state index contributed by atoms with van der Waals surface area (Å²) in [4.78, 5) is 35.1. The SMILES string of the molecule is CC(C)N1CCC(c2cc(=O)n3[nH]c(C4CCCN4C(=O)C4CCCO4)cc3n2)CC1. The predicted molar refractivity (Wildman–Crippen MR) is 117 cm³/mol. The molecule has 2 aromatic rings. The number of amides is 1. The van der Waals surface area contributed by atoms with Gasteiger partial charge in [-0.05, 0) is 65.5 Å². The summed E-state index contributed by atoms with van der Waals surface area (Å²) in [6, 6.07) is 4.16. The molecule has 2 atom stereocenters. The number of nitrogens with zero attached hydrogens (tertiary/aromatic N) is 4. The predicted octanol–water partition coefficient (Wildman–Crippen LogP) is 2.45. The molecular weight excluding hydrogens is 394 g/mol. The molecule has 0 aliphatic carbocycles. The van der Waals surface area contributed by atoms with Gasteiger partial charge in [0.15, 0.2) is 5.65 Å². The number of carbonyl (C=O) groups excluding carboxylic acids is 1. The van der Waals surface area contributed by atoms with Gasteiger partial charge in [0.25, 0.3) is 11.5 Å². The number of nitrogens with one attached hydrogen (secondary N) is 1. The number of fused-ring (bicyclic) bond motifs is 1. The van der Waals surface area contributed by atoms with Gasteiger partial charge in [-0.25, -0.2) is 9.50 Å². The maximum absolute atomic E-state index is 12.9. The summed E-state index contributed by atoms with van der Waals surface area (Å²) in [5.41, 5.74) is 2.37. The van der Waals surface area contributed by atoms with E-state index in [1.165, 1.54) is 4.52 Å². The van der Waals surface area contributed by atoms with E-state index < -0.39 is 0 Å². The third-order valence-electron chi connectivity index (χ3n) is 7.27. The van der Waals surface area contributed by atoms with Crippen molar-refractivity contribution in [2.24, 2.45) is 0 Å². The molecule has 1 N–H and O–H groups in total. The van der Waals surface area contributed by atoms with Crippen molar-refractivity contribution in [3.05, 3.63) is 33.9 Å². The fourth-order valence-electron chi connectivity index (χ4n) is 5.43. The molecule has 2 unspecified atom stereocenters. The molecule has 5 rings (SSSR count). The third kappa shape index (κ3) is 3.91. The topological polar surface area (TPSA) is 82.9 Å². The molecule has 0 aromatic carbocycles. The fraction of sp³-hybridized carbons (Fsp3) is 0.696. The molecule has 0 saturated carbocycles. The van der Waals surface area contributed by atoms with Gasteiger partial charge in [-0.3, -0.25) is 14.7 Å². The van der Waals surface area contributed by atoms with E-state index in [4.69, 9.17) is 9.72 Å². The van der Waals surface area contributed by atoms with Crippen LogP contribution in [-0.4, -0.2) is 68.7 Å². The van der Waals surface area contributed by atoms with Crippen molar-refractivity contribution in [2.75, 3.05) is 26.2 Å². The lowest BCUT2D eigenvalue weighted by Gasteiger charge is -2.34. The van der Waals surface area contributed by atoms with Crippen molar-refractivity contribution >= 4 is 11.6 Å². The van der Waals surface area contributed by atoms with Gasteiger partial charge in [0, 0.05) is 37.2 Å². The van der Waals surface area contributed by atoms with Crippen molar-refractivity contribution in [1.29, 1.82) is 0 Å². The first-order chi connectivity index (χ1) is 15.0. The molecule has 0 spiro atoms. The number of H-pyrrole nitrogens is 1. The average molecular weight is 428 g/mol. The number of likely N-dealkylation sites (tertiary alicyclic amines) is 2. The summed E-state index contributed by atoms with van der Waals surface area (Å²) in [6.45, 7) is 7.96. The van der Waals surface area contributed by atoms with Gasteiger partial charge in [-0.2, -0.15) is 0 Å². The van der Waals surface area contributed by atoms with Crippen LogP contribution in [0, 0.1) is 0 Å². The second kappa shape index (κ2) is 8.39. The smallest absolute Gasteiger partial charge is 0.272 e. The number of carbonyl (C=O) groups is 1. The second-order valence-electron chi connectivity index (χ2n) is 9.52. The summed E-state index contributed by atoms with van der Waals surface area (Å²) in [6.07, 6.45) is 5.35. The Kier molecular flexibility index (Phi) is 5.60. The highest BCUT2D eigenvalue weighted by Crippen LogP contribution is 2.34. The molecule has 3 fully saturated rings. The standard InChI is InChI=1S/C23H33N5O3/c1-15(2)26-10-7-16(8-11-26)17-14-22(29)28-21(24-17)13-18(25-28)19-5-3-9-27(19)23(30)20-6-4-12-31-20/h13-16,19-20,25H,3-12H2,1-2H3. The molecule has 168 valence electrons. The van der Waals surface area contributed by atoms with Gasteiger partial charge in [-0.1, -0.05) is 0 Å². The number of hydrogen-bond acceptors (Lipinski definition) is 5. The zero-order valence-corrected chi connectivity index (χ0v) is 18.5. The Morgan fingerprint density at radius 3 is 2.65 bits per heavy atom. The minimum atomic E-state index is -0.311. The van der Waals surface area contributed by atoms with E-state index in [0.29, 0.717) is 24.2 Å². The van der Waals surface area contributed by atoms with Crippen molar-refractivity contribution < 1.29 is 9.53 Å². The number of aromatic amines is 1. The largest absolute Gasteiger partial charge is 0.368 e. The minimum Gasteiger partial charge on any atom is -0.368 e. The average Bonchev–Trinajstić information content (AvgIpc) is 3.53. The zero-order valence-electron chi connectivity index (χ0n) is 18.5. The molecule has 3 saturated heterocycles. The van der Waals surface area contributed by atoms with E-state index in [1.807, 2.05) is 11.0 Å². The van der Waals surface area contributed by atoms with Crippen molar-refractivity contribution in [3.8, 4) is 0 Å². The molecule has 3 aliphatic rings. The van der Waals surface area contributed by atoms with Gasteiger partial charge in [0.1, 0.15) is 6.10 Å². The Labute approximate surface area is 182 Å². The summed E-state index contributed by atoms with van der Waals surface area (Å²) < 4.78 is 7.15. The number of aromatic nitrogens is 3. The number of rotatable bonds is 4. The van der Waals surface area contributed by atoms with Crippen LogP contribution in [0.15, 0.2) is 16.9 Å². The molecule has 0 radical (unpaired) electrons. The van der Waals surface area contributed by atoms with Crippen LogP contribution in [0.4, 0.5) is 0 Å². The summed E-state index contributed by atoms with van der Waals surface area (Å²) in [5, 5.41) is 3.23. The molecular formula is C23H33N5O3. The maximum Gasteiger partial charge on any atom is 0.272 e. The quantitative estimate of drug-likeness (QED) is 0.810. The molecule has 1 amide bonds. The third-order valence-corrected chi connectivity index (χ3v) is 7.27. The maximum atomic E-state index is 12.9. The van der Waals surface area contributed by atoms with Crippen LogP contribution >= 0.6 is 0 Å². The van der Waals surface area contributed by atoms with Crippen LogP contribution in [0.3, 0.4) is 0 Å². The van der Waals surface area contributed by atoms with Crippen LogP contribution in [0.5, 0.6) is 0 Å². The van der Waals surface area contributed by atoms with Crippen molar-refractivity contribution in [3.63, 3.8) is 0 Å². The van der Waals surface area contributed by atoms with Gasteiger partial charge in [0.05, 0.1) is 17.4 Å². The lowest BCUT2D eigenvalue weighted by molar-refractivity contribution is -0.142. The molecule has 8 heteroatoms. The van der Waals surface area contributed by atoms with E-state index in [9.17, 15) is 9.59 Å². The zero-order chi connectivity index (χ0) is 21.5. The van der Waals surface area contributed by atoms with Crippen LogP contribution in [0.25, 0.3) is 5.65 Å². The highest BCUT2D eigenvalue weighted by molar-refractivity contribution is 5.82. The van der Waals surface area contributed by atoms with Crippen molar-refractivity contribution in [1.82, 2.24) is 24.4 Å². The minimum absolute atomic E-state index is 0.0458. The Hall–Kier alpha value is -2.19. The Balaban J connectivity index is 1.38. The number of ether oxygens (including phenoxy) is 1. The molecule has 31 heavy (non-hydrogen) atoms. The van der Waals surface area contributed by atoms with Crippen LogP contribution in [-0.2, 0) is 9.53 Å². The fourth-order valence-corrected chi connectivity index (χ4v) is 5.43. The van der Waals surface area contributed by atoms with E-state index in [1.54, 1.807) is 6.07 Å². The summed E-state index contributed by atoms with van der Waals surface area (Å²) in [7, 11) is 0. The Morgan fingerprint density at radius 2 is 1.94 bits per heavy atom. The first-order valence-corrected chi connectivity index (χ1v) is 11.8. The van der Waals surface area contributed by atoms with E-state index in [0.717, 1.165) is 69.5 Å². The van der Waals surface area contributed by atoms with Crippen molar-refractivity contribution in [2.45, 2.75) is 76.5 Å². The first kappa shape index (κ1) is 20.7. The van der Waals surface area contributed by atoms with Gasteiger partial charge < -0.3 is 14.5 Å². The van der Waals surface area contributed by atoms with Crippen LogP contribution in [0.1, 0.15) is 75.7 Å². The van der Waals surface area contributed by atoms with E-state index in [2.05, 4.69) is 23.8 Å². The van der Waals surface area contributed by atoms with Crippen LogP contribution in [0.2, 0.25) is 0 Å². The lowest BCUT2D eigenvalue weighted by atomic mass is 9.92. The summed E-state index contributed by atoms with van der Waals surface area (Å²) >= 11 is 0. The van der Waals surface area contributed by atoms with Gasteiger partial charge in [0.2, 0.25) is 0 Å². The molecule has 5 heterocycles. The first-order valence-electron chi connectivity index (χ1n) is 11.8. The molecule has 8 nitrogen and oxygen atoms in total. The molecule has 3 aliphatic heterocycles. The van der Waals surface area contributed by atoms with E-state index in [-0.39, 0.29) is 23.6 Å². The lowest BCUT2D eigenvalue weighted by Crippen LogP contribution is -2.38. The normalized spacial score (nSPS) is 25.8. The monoisotopic (exact) mass is 427 g/mol.